The molecule has 36 heavy (non-hydrogen) atoms. The normalized spacial score (nSPS) is 10.8. The number of nitrogens with one attached hydrogen (secondary N) is 1. The summed E-state index contributed by atoms with van der Waals surface area (Å²) in [5.74, 6) is 0.769. The Morgan fingerprint density at radius 1 is 0.861 bits per heavy atom. The number of methoxy groups -OCH3 is 1. The second kappa shape index (κ2) is 11.8. The van der Waals surface area contributed by atoms with Gasteiger partial charge in [-0.2, -0.15) is 9.83 Å². The Hall–Kier alpha value is -3.71. The summed E-state index contributed by atoms with van der Waals surface area (Å²) in [6.45, 7) is 5.54. The van der Waals surface area contributed by atoms with E-state index in [1.165, 1.54) is 11.1 Å². The summed E-state index contributed by atoms with van der Waals surface area (Å²) in [6, 6.07) is 27.1. The van der Waals surface area contributed by atoms with E-state index in [2.05, 4.69) is 47.1 Å². The number of nitrogens with zero attached hydrogens (tertiary/aromatic N) is 2. The van der Waals surface area contributed by atoms with Crippen LogP contribution in [0.5, 0.6) is 5.75 Å². The maximum absolute atomic E-state index is 10.0. The van der Waals surface area contributed by atoms with Gasteiger partial charge in [0.25, 0.3) is 0 Å². The highest BCUT2D eigenvalue weighted by Crippen LogP contribution is 2.34. The molecule has 0 saturated heterocycles. The van der Waals surface area contributed by atoms with Crippen LogP contribution in [-0.4, -0.2) is 7.11 Å². The molecule has 0 radical (unpaired) electrons. The van der Waals surface area contributed by atoms with Crippen molar-refractivity contribution in [3.63, 3.8) is 0 Å². The van der Waals surface area contributed by atoms with E-state index in [9.17, 15) is 5.26 Å². The van der Waals surface area contributed by atoms with Gasteiger partial charge in [-0.25, -0.2) is 18.6 Å². The van der Waals surface area contributed by atoms with Crippen molar-refractivity contribution in [1.29, 1.82) is 5.26 Å². The molecule has 8 nitrogen and oxygen atoms in total. The zero-order chi connectivity index (χ0) is 26.3. The molecule has 0 unspecified atom stereocenters. The topological polar surface area (TPSA) is 141 Å². The fourth-order valence-electron chi connectivity index (χ4n) is 4.06. The highest BCUT2D eigenvalue weighted by atomic mass is 35.7. The number of ether oxygens (including phenoxy) is 1. The summed E-state index contributed by atoms with van der Waals surface area (Å²) >= 11 is 0. The van der Waals surface area contributed by atoms with E-state index in [0.29, 0.717) is 12.1 Å². The molecule has 4 rings (SSSR count). The van der Waals surface area contributed by atoms with Gasteiger partial charge in [0.15, 0.2) is 17.9 Å². The smallest absolute Gasteiger partial charge is 0.197 e. The number of aryl methyl sites for hydroxylation is 1. The molecule has 0 bridgehead atoms. The molecule has 0 aliphatic carbocycles. The second-order valence-electron chi connectivity index (χ2n) is 8.04. The third-order valence-corrected chi connectivity index (χ3v) is 5.79. The van der Waals surface area contributed by atoms with Crippen molar-refractivity contribution in [3.8, 4) is 11.8 Å². The fraction of sp³-hybridized carbons (Fsp3) is 0.185. The lowest BCUT2D eigenvalue weighted by molar-refractivity contribution is -2.00. The van der Waals surface area contributed by atoms with Crippen LogP contribution in [0.15, 0.2) is 72.8 Å². The van der Waals surface area contributed by atoms with Gasteiger partial charge in [0.2, 0.25) is 0 Å². The monoisotopic (exact) mass is 507 g/mol. The van der Waals surface area contributed by atoms with Crippen LogP contribution in [0.25, 0.3) is 10.8 Å². The van der Waals surface area contributed by atoms with Crippen LogP contribution in [0.1, 0.15) is 28.1 Å². The lowest BCUT2D eigenvalue weighted by Crippen LogP contribution is -2.68. The van der Waals surface area contributed by atoms with Gasteiger partial charge in [-0.15, -0.1) is 10.2 Å². The number of rotatable bonds is 6. The number of hydrogen-bond donors (Lipinski definition) is 1. The summed E-state index contributed by atoms with van der Waals surface area (Å²) in [4.78, 5) is 0. The summed E-state index contributed by atoms with van der Waals surface area (Å²) < 4.78 is 41.9. The van der Waals surface area contributed by atoms with Crippen molar-refractivity contribution in [2.75, 3.05) is 12.4 Å². The lowest BCUT2D eigenvalue weighted by atomic mass is 10.00. The first-order valence-corrected chi connectivity index (χ1v) is 12.2. The first kappa shape index (κ1) is 26.9. The van der Waals surface area contributed by atoms with Crippen LogP contribution in [0.4, 0.5) is 5.69 Å². The van der Waals surface area contributed by atoms with Crippen molar-refractivity contribution in [2.45, 2.75) is 26.9 Å². The summed E-state index contributed by atoms with van der Waals surface area (Å²) in [6.07, 6.45) is 0. The van der Waals surface area contributed by atoms with Gasteiger partial charge >= 0.3 is 0 Å². The minimum Gasteiger partial charge on any atom is -0.495 e. The Kier molecular flexibility index (Phi) is 8.83. The Labute approximate surface area is 212 Å². The fourth-order valence-corrected chi connectivity index (χ4v) is 4.06. The van der Waals surface area contributed by atoms with Gasteiger partial charge < -0.3 is 10.1 Å². The first-order valence-electron chi connectivity index (χ1n) is 11.0. The quantitative estimate of drug-likeness (QED) is 0.375. The van der Waals surface area contributed by atoms with Crippen LogP contribution in [0, 0.1) is 35.4 Å². The van der Waals surface area contributed by atoms with Crippen molar-refractivity contribution in [1.82, 2.24) is 0 Å². The van der Waals surface area contributed by atoms with E-state index in [1.54, 1.807) is 7.11 Å². The van der Waals surface area contributed by atoms with Gasteiger partial charge in [-0.05, 0) is 17.7 Å². The Morgan fingerprint density at radius 2 is 1.42 bits per heavy atom. The molecule has 9 heteroatoms. The molecule has 4 aromatic rings. The second-order valence-corrected chi connectivity index (χ2v) is 8.80. The molecular formula is C27H26ClN3O5. The molecule has 0 spiro atoms. The van der Waals surface area contributed by atoms with E-state index in [1.807, 2.05) is 55.5 Å². The SMILES string of the molecule is COc1cc2c(C)[n+](Cc3ccccc3)c(C)c(C#N)c2cc1NCc1ccccc1.[O-][Cl+3]([O-])([O-])[O-]. The van der Waals surface area contributed by atoms with Crippen molar-refractivity contribution >= 4 is 16.5 Å². The van der Waals surface area contributed by atoms with Gasteiger partial charge in [0, 0.05) is 31.3 Å². The highest BCUT2D eigenvalue weighted by molar-refractivity contribution is 5.94. The molecule has 0 fully saturated rings. The van der Waals surface area contributed by atoms with Crippen molar-refractivity contribution in [3.05, 3.63) is 101 Å². The highest BCUT2D eigenvalue weighted by Gasteiger charge is 2.23. The minimum atomic E-state index is -4.94. The largest absolute Gasteiger partial charge is 0.495 e. The number of benzene rings is 3. The maximum atomic E-state index is 10.0. The maximum Gasteiger partial charge on any atom is 0.197 e. The Bertz CT molecular complexity index is 1360. The molecule has 0 atom stereocenters. The third-order valence-electron chi connectivity index (χ3n) is 5.79. The molecule has 1 aromatic heterocycles. The zero-order valence-corrected chi connectivity index (χ0v) is 20.9. The van der Waals surface area contributed by atoms with Crippen LogP contribution in [-0.2, 0) is 13.1 Å². The number of aromatic nitrogens is 1. The minimum absolute atomic E-state index is 0.684. The molecule has 1 N–H and O–H groups in total. The van der Waals surface area contributed by atoms with E-state index in [4.69, 9.17) is 23.4 Å². The van der Waals surface area contributed by atoms with E-state index in [-0.39, 0.29) is 0 Å². The van der Waals surface area contributed by atoms with Crippen LogP contribution in [0.3, 0.4) is 0 Å². The number of anilines is 1. The standard InChI is InChI=1S/C27H25N3O.ClHO4/c1-19-23-15-27(31-3)26(29-17-21-10-6-4-7-11-21)14-24(23)25(16-28)20(2)30(19)18-22-12-8-5-9-13-22;2-1(3,4)5/h4-15H,17-18H2,1-3H3;(H,2,3,4,5). The Balaban J connectivity index is 0.000000658. The molecule has 1 heterocycles. The zero-order valence-electron chi connectivity index (χ0n) is 20.2. The number of fused-ring (bicyclic) bond motifs is 1. The van der Waals surface area contributed by atoms with Gasteiger partial charge in [0.1, 0.15) is 17.4 Å². The van der Waals surface area contributed by atoms with E-state index < -0.39 is 10.2 Å². The molecule has 0 aliphatic heterocycles. The average Bonchev–Trinajstić information content (AvgIpc) is 2.85. The van der Waals surface area contributed by atoms with Crippen LogP contribution < -0.4 is 33.3 Å². The molecule has 3 aromatic carbocycles. The van der Waals surface area contributed by atoms with E-state index >= 15 is 0 Å². The van der Waals surface area contributed by atoms with Gasteiger partial charge in [0.05, 0.1) is 18.2 Å². The van der Waals surface area contributed by atoms with E-state index in [0.717, 1.165) is 40.1 Å². The Morgan fingerprint density at radius 3 is 1.94 bits per heavy atom. The average molecular weight is 508 g/mol. The molecule has 0 saturated carbocycles. The third kappa shape index (κ3) is 6.92. The lowest BCUT2D eigenvalue weighted by Gasteiger charge is -2.17. The summed E-state index contributed by atoms with van der Waals surface area (Å²) in [7, 11) is -3.26. The van der Waals surface area contributed by atoms with Crippen LogP contribution in [0.2, 0.25) is 0 Å². The summed E-state index contributed by atoms with van der Waals surface area (Å²) in [5, 5.41) is 15.5. The first-order chi connectivity index (χ1) is 17.1. The molecule has 186 valence electrons. The molecule has 0 aliphatic rings. The number of nitriles is 1. The number of pyridine rings is 1. The van der Waals surface area contributed by atoms with Gasteiger partial charge in [-0.1, -0.05) is 60.7 Å². The predicted molar refractivity (Wildman–Crippen MR) is 124 cm³/mol. The summed E-state index contributed by atoms with van der Waals surface area (Å²) in [5.41, 5.74) is 6.05. The van der Waals surface area contributed by atoms with Crippen molar-refractivity contribution in [2.24, 2.45) is 0 Å². The number of halogens is 1. The number of hydrogen-bond acceptors (Lipinski definition) is 7. The predicted octanol–water partition coefficient (Wildman–Crippen LogP) is 0.529. The molecule has 0 amide bonds. The molecular weight excluding hydrogens is 482 g/mol. The van der Waals surface area contributed by atoms with Crippen molar-refractivity contribution < 1.29 is 38.2 Å². The van der Waals surface area contributed by atoms with Crippen LogP contribution >= 0.6 is 0 Å². The van der Waals surface area contributed by atoms with Gasteiger partial charge in [-0.3, -0.25) is 0 Å².